The predicted molar refractivity (Wildman–Crippen MR) is 75.7 cm³/mol. The Labute approximate surface area is 117 Å². The summed E-state index contributed by atoms with van der Waals surface area (Å²) >= 11 is 6.02. The zero-order valence-electron chi connectivity index (χ0n) is 11.2. The van der Waals surface area contributed by atoms with E-state index in [1.165, 1.54) is 11.1 Å². The van der Waals surface area contributed by atoms with Crippen LogP contribution in [-0.4, -0.2) is 27.0 Å². The van der Waals surface area contributed by atoms with Crippen molar-refractivity contribution in [2.75, 3.05) is 11.9 Å². The first-order valence-corrected chi connectivity index (χ1v) is 7.15. The third-order valence-corrected chi connectivity index (χ3v) is 4.04. The van der Waals surface area contributed by atoms with Gasteiger partial charge in [0.05, 0.1) is 17.5 Å². The SMILES string of the molecule is CCn1ncc(NCC2(O)CCCCC2)c(Cl)c1=O. The number of aryl methyl sites for hydroxylation is 1. The highest BCUT2D eigenvalue weighted by molar-refractivity contribution is 6.32. The number of anilines is 1. The molecule has 1 saturated carbocycles. The summed E-state index contributed by atoms with van der Waals surface area (Å²) in [6.07, 6.45) is 6.38. The first-order valence-electron chi connectivity index (χ1n) is 6.77. The van der Waals surface area contributed by atoms with Crippen molar-refractivity contribution in [1.82, 2.24) is 9.78 Å². The van der Waals surface area contributed by atoms with E-state index in [9.17, 15) is 9.90 Å². The van der Waals surface area contributed by atoms with Gasteiger partial charge in [0.2, 0.25) is 0 Å². The molecular weight excluding hydrogens is 266 g/mol. The summed E-state index contributed by atoms with van der Waals surface area (Å²) in [6.45, 7) is 2.73. The zero-order valence-corrected chi connectivity index (χ0v) is 11.9. The zero-order chi connectivity index (χ0) is 13.9. The summed E-state index contributed by atoms with van der Waals surface area (Å²) in [6, 6.07) is 0. The van der Waals surface area contributed by atoms with E-state index < -0.39 is 5.60 Å². The van der Waals surface area contributed by atoms with E-state index >= 15 is 0 Å². The molecule has 5 nitrogen and oxygen atoms in total. The summed E-state index contributed by atoms with van der Waals surface area (Å²) in [4.78, 5) is 11.8. The Balaban J connectivity index is 2.07. The van der Waals surface area contributed by atoms with Crippen molar-refractivity contribution in [2.24, 2.45) is 0 Å². The Morgan fingerprint density at radius 3 is 2.79 bits per heavy atom. The maximum absolute atomic E-state index is 11.8. The van der Waals surface area contributed by atoms with Crippen molar-refractivity contribution in [3.05, 3.63) is 21.6 Å². The molecule has 2 rings (SSSR count). The molecule has 1 heterocycles. The number of aromatic nitrogens is 2. The molecular formula is C13H20ClN3O2. The van der Waals surface area contributed by atoms with E-state index in [0.29, 0.717) is 18.8 Å². The van der Waals surface area contributed by atoms with E-state index in [1.807, 2.05) is 6.92 Å². The summed E-state index contributed by atoms with van der Waals surface area (Å²) in [5, 5.41) is 17.6. The minimum Gasteiger partial charge on any atom is -0.388 e. The lowest BCUT2D eigenvalue weighted by atomic mass is 9.85. The Hall–Kier alpha value is -1.07. The van der Waals surface area contributed by atoms with Gasteiger partial charge in [0, 0.05) is 13.1 Å². The average Bonchev–Trinajstić information content (AvgIpc) is 2.41. The summed E-state index contributed by atoms with van der Waals surface area (Å²) in [5.41, 5.74) is -0.499. The molecule has 19 heavy (non-hydrogen) atoms. The van der Waals surface area contributed by atoms with Gasteiger partial charge in [-0.15, -0.1) is 0 Å². The van der Waals surface area contributed by atoms with Gasteiger partial charge in [-0.05, 0) is 19.8 Å². The highest BCUT2D eigenvalue weighted by atomic mass is 35.5. The van der Waals surface area contributed by atoms with Gasteiger partial charge in [-0.2, -0.15) is 5.10 Å². The van der Waals surface area contributed by atoms with Crippen LogP contribution < -0.4 is 10.9 Å². The van der Waals surface area contributed by atoms with Gasteiger partial charge in [-0.1, -0.05) is 30.9 Å². The van der Waals surface area contributed by atoms with Crippen LogP contribution in [0.1, 0.15) is 39.0 Å². The van der Waals surface area contributed by atoms with Gasteiger partial charge in [0.25, 0.3) is 5.56 Å². The highest BCUT2D eigenvalue weighted by Gasteiger charge is 2.29. The lowest BCUT2D eigenvalue weighted by Gasteiger charge is -2.32. The second-order valence-electron chi connectivity index (χ2n) is 5.13. The van der Waals surface area contributed by atoms with Crippen molar-refractivity contribution >= 4 is 17.3 Å². The molecule has 0 radical (unpaired) electrons. The van der Waals surface area contributed by atoms with E-state index in [4.69, 9.17) is 11.6 Å². The fraction of sp³-hybridized carbons (Fsp3) is 0.692. The van der Waals surface area contributed by atoms with Crippen LogP contribution in [0.15, 0.2) is 11.0 Å². The molecule has 1 aromatic heterocycles. The van der Waals surface area contributed by atoms with Crippen molar-refractivity contribution in [3.8, 4) is 0 Å². The number of hydrogen-bond donors (Lipinski definition) is 2. The fourth-order valence-electron chi connectivity index (χ4n) is 2.46. The lowest BCUT2D eigenvalue weighted by molar-refractivity contribution is 0.0167. The number of aliphatic hydroxyl groups is 1. The molecule has 106 valence electrons. The van der Waals surface area contributed by atoms with Crippen LogP contribution in [0.25, 0.3) is 0 Å². The third kappa shape index (κ3) is 3.28. The normalized spacial score (nSPS) is 18.3. The lowest BCUT2D eigenvalue weighted by Crippen LogP contribution is -2.39. The van der Waals surface area contributed by atoms with Gasteiger partial charge in [-0.3, -0.25) is 4.79 Å². The molecule has 0 aromatic carbocycles. The Morgan fingerprint density at radius 2 is 2.16 bits per heavy atom. The molecule has 0 atom stereocenters. The maximum Gasteiger partial charge on any atom is 0.287 e. The largest absolute Gasteiger partial charge is 0.388 e. The van der Waals surface area contributed by atoms with Crippen molar-refractivity contribution in [1.29, 1.82) is 0 Å². The molecule has 0 bridgehead atoms. The maximum atomic E-state index is 11.8. The van der Waals surface area contributed by atoms with E-state index in [1.54, 1.807) is 6.20 Å². The van der Waals surface area contributed by atoms with Gasteiger partial charge in [0.15, 0.2) is 0 Å². The van der Waals surface area contributed by atoms with Crippen LogP contribution in [0.2, 0.25) is 5.02 Å². The monoisotopic (exact) mass is 285 g/mol. The van der Waals surface area contributed by atoms with Crippen LogP contribution in [-0.2, 0) is 6.54 Å². The highest BCUT2D eigenvalue weighted by Crippen LogP contribution is 2.28. The molecule has 6 heteroatoms. The number of nitrogens with zero attached hydrogens (tertiary/aromatic N) is 2. The molecule has 1 aliphatic carbocycles. The topological polar surface area (TPSA) is 67.2 Å². The van der Waals surface area contributed by atoms with Crippen molar-refractivity contribution < 1.29 is 5.11 Å². The van der Waals surface area contributed by atoms with Gasteiger partial charge >= 0.3 is 0 Å². The Kier molecular flexibility index (Phi) is 4.47. The first-order chi connectivity index (χ1) is 9.06. The molecule has 1 fully saturated rings. The molecule has 0 aliphatic heterocycles. The van der Waals surface area contributed by atoms with E-state index in [-0.39, 0.29) is 10.6 Å². The molecule has 1 aromatic rings. The molecule has 0 saturated heterocycles. The van der Waals surface area contributed by atoms with Gasteiger partial charge < -0.3 is 10.4 Å². The van der Waals surface area contributed by atoms with Crippen LogP contribution in [0.4, 0.5) is 5.69 Å². The summed E-state index contributed by atoms with van der Waals surface area (Å²) < 4.78 is 1.31. The predicted octanol–water partition coefficient (Wildman–Crippen LogP) is 2.02. The second-order valence-corrected chi connectivity index (χ2v) is 5.51. The molecule has 0 spiro atoms. The van der Waals surface area contributed by atoms with Crippen LogP contribution in [0.5, 0.6) is 0 Å². The summed E-state index contributed by atoms with van der Waals surface area (Å²) in [7, 11) is 0. The van der Waals surface area contributed by atoms with Crippen LogP contribution >= 0.6 is 11.6 Å². The van der Waals surface area contributed by atoms with Gasteiger partial charge in [-0.25, -0.2) is 4.68 Å². The molecule has 1 aliphatic rings. The van der Waals surface area contributed by atoms with Crippen LogP contribution in [0, 0.1) is 0 Å². The minimum absolute atomic E-state index is 0.135. The third-order valence-electron chi connectivity index (χ3n) is 3.68. The second kappa shape index (κ2) is 5.92. The molecule has 0 unspecified atom stereocenters. The number of rotatable bonds is 4. The molecule has 0 amide bonds. The fourth-order valence-corrected chi connectivity index (χ4v) is 2.67. The number of halogens is 1. The standard InChI is InChI=1S/C13H20ClN3O2/c1-2-17-12(18)11(14)10(8-16-17)15-9-13(19)6-4-3-5-7-13/h8,15,19H,2-7,9H2,1H3. The first kappa shape index (κ1) is 14.3. The number of hydrogen-bond acceptors (Lipinski definition) is 4. The van der Waals surface area contributed by atoms with Crippen LogP contribution in [0.3, 0.4) is 0 Å². The summed E-state index contributed by atoms with van der Waals surface area (Å²) in [5.74, 6) is 0. The molecule has 2 N–H and O–H groups in total. The van der Waals surface area contributed by atoms with Gasteiger partial charge in [0.1, 0.15) is 5.02 Å². The quantitative estimate of drug-likeness (QED) is 0.888. The van der Waals surface area contributed by atoms with E-state index in [0.717, 1.165) is 25.7 Å². The Bertz CT molecular complexity index is 495. The van der Waals surface area contributed by atoms with Crippen molar-refractivity contribution in [3.63, 3.8) is 0 Å². The number of nitrogens with one attached hydrogen (secondary N) is 1. The average molecular weight is 286 g/mol. The minimum atomic E-state index is -0.693. The smallest absolute Gasteiger partial charge is 0.287 e. The Morgan fingerprint density at radius 1 is 1.47 bits per heavy atom. The van der Waals surface area contributed by atoms with E-state index in [2.05, 4.69) is 10.4 Å². The van der Waals surface area contributed by atoms with Crippen molar-refractivity contribution in [2.45, 2.75) is 51.2 Å².